The van der Waals surface area contributed by atoms with Gasteiger partial charge < -0.3 is 5.32 Å². The minimum atomic E-state index is -3.52. The zero-order chi connectivity index (χ0) is 17.9. The van der Waals surface area contributed by atoms with Gasteiger partial charge in [0.1, 0.15) is 4.21 Å². The molecule has 3 rings (SSSR count). The predicted octanol–water partition coefficient (Wildman–Crippen LogP) is 2.75. The zero-order valence-electron chi connectivity index (χ0n) is 13.5. The highest BCUT2D eigenvalue weighted by atomic mass is 32.2. The van der Waals surface area contributed by atoms with Crippen LogP contribution in [0, 0.1) is 5.92 Å². The van der Waals surface area contributed by atoms with Gasteiger partial charge in [-0.05, 0) is 30.0 Å². The van der Waals surface area contributed by atoms with Gasteiger partial charge in [-0.25, -0.2) is 8.42 Å². The van der Waals surface area contributed by atoms with Crippen molar-refractivity contribution >= 4 is 55.5 Å². The number of sulfonamides is 1. The van der Waals surface area contributed by atoms with Gasteiger partial charge in [0.05, 0.1) is 5.92 Å². The highest BCUT2D eigenvalue weighted by Gasteiger charge is 2.34. The summed E-state index contributed by atoms with van der Waals surface area (Å²) >= 11 is 4.10. The standard InChI is InChI=1S/C14H18N4O3S4/c1-2-22-14-17-16-13(24-14)15-12(19)10-5-3-7-18(9-10)25(20,21)11-6-4-8-23-11/h4,6,8,10H,2-3,5,7,9H2,1H3,(H,15,16,19). The molecule has 2 aromatic heterocycles. The van der Waals surface area contributed by atoms with Crippen molar-refractivity contribution in [3.63, 3.8) is 0 Å². The van der Waals surface area contributed by atoms with Crippen molar-refractivity contribution in [2.45, 2.75) is 28.3 Å². The molecule has 25 heavy (non-hydrogen) atoms. The number of thiophene rings is 1. The molecule has 2 aromatic rings. The van der Waals surface area contributed by atoms with Gasteiger partial charge in [-0.1, -0.05) is 36.1 Å². The Morgan fingerprint density at radius 3 is 3.04 bits per heavy atom. The molecule has 1 aliphatic heterocycles. The number of thioether (sulfide) groups is 1. The smallest absolute Gasteiger partial charge is 0.252 e. The van der Waals surface area contributed by atoms with E-state index in [0.29, 0.717) is 28.7 Å². The first-order chi connectivity index (χ1) is 12.0. The van der Waals surface area contributed by atoms with E-state index in [4.69, 9.17) is 0 Å². The maximum absolute atomic E-state index is 12.6. The molecule has 7 nitrogen and oxygen atoms in total. The Hall–Kier alpha value is -1.01. The summed E-state index contributed by atoms with van der Waals surface area (Å²) in [6.07, 6.45) is 1.33. The Balaban J connectivity index is 1.65. The molecule has 0 spiro atoms. The monoisotopic (exact) mass is 418 g/mol. The number of anilines is 1. The van der Waals surface area contributed by atoms with Crippen LogP contribution in [0.15, 0.2) is 26.1 Å². The summed E-state index contributed by atoms with van der Waals surface area (Å²) in [5.41, 5.74) is 0. The van der Waals surface area contributed by atoms with Gasteiger partial charge in [-0.15, -0.1) is 21.5 Å². The summed E-state index contributed by atoms with van der Waals surface area (Å²) in [7, 11) is -3.52. The van der Waals surface area contributed by atoms with E-state index >= 15 is 0 Å². The largest absolute Gasteiger partial charge is 0.300 e. The van der Waals surface area contributed by atoms with Gasteiger partial charge in [0.2, 0.25) is 11.0 Å². The summed E-state index contributed by atoms with van der Waals surface area (Å²) in [6.45, 7) is 2.66. The molecule has 11 heteroatoms. The summed E-state index contributed by atoms with van der Waals surface area (Å²) < 4.78 is 27.8. The van der Waals surface area contributed by atoms with Crippen LogP contribution in [-0.4, -0.2) is 47.7 Å². The SMILES string of the molecule is CCSc1nnc(NC(=O)C2CCCN(S(=O)(=O)c3cccs3)C2)s1. The van der Waals surface area contributed by atoms with E-state index in [1.807, 2.05) is 6.92 Å². The first-order valence-electron chi connectivity index (χ1n) is 7.81. The predicted molar refractivity (Wildman–Crippen MR) is 101 cm³/mol. The van der Waals surface area contributed by atoms with E-state index in [1.54, 1.807) is 29.3 Å². The van der Waals surface area contributed by atoms with Crippen molar-refractivity contribution in [2.24, 2.45) is 5.92 Å². The normalized spacial score (nSPS) is 19.0. The summed E-state index contributed by atoms with van der Waals surface area (Å²) in [5, 5.41) is 12.9. The van der Waals surface area contributed by atoms with Crippen LogP contribution >= 0.6 is 34.4 Å². The van der Waals surface area contributed by atoms with Crippen LogP contribution in [0.1, 0.15) is 19.8 Å². The van der Waals surface area contributed by atoms with E-state index in [1.165, 1.54) is 27.0 Å². The number of carbonyl (C=O) groups is 1. The second-order valence-electron chi connectivity index (χ2n) is 5.43. The molecule has 3 heterocycles. The number of piperidine rings is 1. The molecule has 136 valence electrons. The summed E-state index contributed by atoms with van der Waals surface area (Å²) in [4.78, 5) is 12.5. The maximum atomic E-state index is 12.6. The Morgan fingerprint density at radius 1 is 1.48 bits per heavy atom. The van der Waals surface area contributed by atoms with E-state index in [9.17, 15) is 13.2 Å². The molecule has 1 atom stereocenters. The quantitative estimate of drug-likeness (QED) is 0.573. The molecule has 1 N–H and O–H groups in total. The van der Waals surface area contributed by atoms with Crippen LogP contribution in [0.3, 0.4) is 0 Å². The second-order valence-corrected chi connectivity index (χ2v) is 11.0. The number of nitrogens with one attached hydrogen (secondary N) is 1. The average molecular weight is 419 g/mol. The topological polar surface area (TPSA) is 92.3 Å². The number of nitrogens with zero attached hydrogens (tertiary/aromatic N) is 3. The molecular weight excluding hydrogens is 400 g/mol. The third-order valence-corrected chi connectivity index (χ3v) is 8.84. The lowest BCUT2D eigenvalue weighted by molar-refractivity contribution is -0.120. The van der Waals surface area contributed by atoms with E-state index < -0.39 is 10.0 Å². The number of aromatic nitrogens is 2. The van der Waals surface area contributed by atoms with Crippen LogP contribution in [0.4, 0.5) is 5.13 Å². The van der Waals surface area contributed by atoms with Gasteiger partial charge in [-0.3, -0.25) is 4.79 Å². The fourth-order valence-corrected chi connectivity index (χ4v) is 6.88. The van der Waals surface area contributed by atoms with Gasteiger partial charge in [0, 0.05) is 13.1 Å². The average Bonchev–Trinajstić information content (AvgIpc) is 3.28. The molecule has 1 fully saturated rings. The van der Waals surface area contributed by atoms with Crippen molar-refractivity contribution in [2.75, 3.05) is 24.2 Å². The maximum Gasteiger partial charge on any atom is 0.252 e. The molecule has 0 aliphatic carbocycles. The van der Waals surface area contributed by atoms with E-state index in [2.05, 4.69) is 15.5 Å². The lowest BCUT2D eigenvalue weighted by atomic mass is 9.99. The van der Waals surface area contributed by atoms with Crippen molar-refractivity contribution in [3.8, 4) is 0 Å². The van der Waals surface area contributed by atoms with Crippen LogP contribution in [0.2, 0.25) is 0 Å². The Labute approximate surface area is 158 Å². The highest BCUT2D eigenvalue weighted by molar-refractivity contribution is 8.01. The lowest BCUT2D eigenvalue weighted by Crippen LogP contribution is -2.43. The molecule has 0 radical (unpaired) electrons. The Morgan fingerprint density at radius 2 is 2.32 bits per heavy atom. The fourth-order valence-electron chi connectivity index (χ4n) is 2.56. The molecule has 0 aromatic carbocycles. The van der Waals surface area contributed by atoms with E-state index in [-0.39, 0.29) is 18.4 Å². The fraction of sp³-hybridized carbons (Fsp3) is 0.500. The first kappa shape index (κ1) is 18.8. The van der Waals surface area contributed by atoms with Gasteiger partial charge in [0.15, 0.2) is 4.34 Å². The van der Waals surface area contributed by atoms with Crippen LogP contribution in [0.5, 0.6) is 0 Å². The second kappa shape index (κ2) is 8.12. The van der Waals surface area contributed by atoms with Crippen molar-refractivity contribution in [1.82, 2.24) is 14.5 Å². The highest BCUT2D eigenvalue weighted by Crippen LogP contribution is 2.28. The summed E-state index contributed by atoms with van der Waals surface area (Å²) in [5.74, 6) is 0.311. The van der Waals surface area contributed by atoms with Crippen molar-refractivity contribution in [1.29, 1.82) is 0 Å². The minimum Gasteiger partial charge on any atom is -0.300 e. The third kappa shape index (κ3) is 4.40. The minimum absolute atomic E-state index is 0.196. The van der Waals surface area contributed by atoms with Crippen molar-refractivity contribution in [3.05, 3.63) is 17.5 Å². The summed E-state index contributed by atoms with van der Waals surface area (Å²) in [6, 6.07) is 3.31. The molecule has 1 unspecified atom stereocenters. The van der Waals surface area contributed by atoms with Crippen LogP contribution in [-0.2, 0) is 14.8 Å². The molecule has 0 saturated carbocycles. The molecule has 1 aliphatic rings. The Bertz CT molecular complexity index is 819. The first-order valence-corrected chi connectivity index (χ1v) is 11.9. The van der Waals surface area contributed by atoms with Gasteiger partial charge in [-0.2, -0.15) is 4.31 Å². The number of carbonyl (C=O) groups excluding carboxylic acids is 1. The number of rotatable bonds is 6. The van der Waals surface area contributed by atoms with Crippen LogP contribution in [0.25, 0.3) is 0 Å². The van der Waals surface area contributed by atoms with Crippen LogP contribution < -0.4 is 5.32 Å². The van der Waals surface area contributed by atoms with E-state index in [0.717, 1.165) is 10.1 Å². The lowest BCUT2D eigenvalue weighted by Gasteiger charge is -2.30. The zero-order valence-corrected chi connectivity index (χ0v) is 16.8. The number of hydrogen-bond donors (Lipinski definition) is 1. The molecule has 1 amide bonds. The third-order valence-electron chi connectivity index (χ3n) is 3.75. The van der Waals surface area contributed by atoms with Gasteiger partial charge in [0.25, 0.3) is 10.0 Å². The molecular formula is C14H18N4O3S4. The Kier molecular flexibility index (Phi) is 6.10. The number of hydrogen-bond acceptors (Lipinski definition) is 8. The van der Waals surface area contributed by atoms with Crippen molar-refractivity contribution < 1.29 is 13.2 Å². The molecule has 0 bridgehead atoms. The van der Waals surface area contributed by atoms with Gasteiger partial charge >= 0.3 is 0 Å². The number of amides is 1. The molecule has 1 saturated heterocycles.